The van der Waals surface area contributed by atoms with Gasteiger partial charge in [0.15, 0.2) is 0 Å². The summed E-state index contributed by atoms with van der Waals surface area (Å²) < 4.78 is 29.0. The molecule has 0 aliphatic carbocycles. The Morgan fingerprint density at radius 2 is 1.84 bits per heavy atom. The Kier molecular flexibility index (Phi) is 5.52. The van der Waals surface area contributed by atoms with E-state index in [1.165, 1.54) is 0 Å². The van der Waals surface area contributed by atoms with Crippen molar-refractivity contribution in [3.8, 4) is 0 Å². The van der Waals surface area contributed by atoms with Crippen LogP contribution in [0.3, 0.4) is 0 Å². The van der Waals surface area contributed by atoms with Crippen molar-refractivity contribution in [2.24, 2.45) is 0 Å². The molecule has 2 unspecified atom stereocenters. The molecule has 2 fully saturated rings. The van der Waals surface area contributed by atoms with Crippen molar-refractivity contribution in [3.05, 3.63) is 0 Å². The average molecular weight is 309 g/mol. The first-order valence-electron chi connectivity index (χ1n) is 7.42. The average Bonchev–Trinajstić information content (AvgIpc) is 2.85. The normalized spacial score (nSPS) is 30.8. The van der Waals surface area contributed by atoms with Crippen LogP contribution in [-0.4, -0.2) is 48.1 Å². The Balaban J connectivity index is 2.09. The third-order valence-corrected chi connectivity index (χ3v) is 6.80. The second-order valence-electron chi connectivity index (χ2n) is 5.70. The monoisotopic (exact) mass is 308 g/mol. The predicted octanol–water partition coefficient (Wildman–Crippen LogP) is 2.59. The van der Waals surface area contributed by atoms with Crippen LogP contribution >= 0.6 is 11.6 Å². The molecule has 0 radical (unpaired) electrons. The first-order chi connectivity index (χ1) is 9.07. The summed E-state index contributed by atoms with van der Waals surface area (Å²) in [5.74, 6) is 0.616. The zero-order valence-corrected chi connectivity index (χ0v) is 13.3. The van der Waals surface area contributed by atoms with Gasteiger partial charge in [-0.3, -0.25) is 0 Å². The van der Waals surface area contributed by atoms with E-state index in [2.05, 4.69) is 0 Å². The van der Waals surface area contributed by atoms with Crippen LogP contribution in [0.4, 0.5) is 0 Å². The highest BCUT2D eigenvalue weighted by Crippen LogP contribution is 2.29. The van der Waals surface area contributed by atoms with Gasteiger partial charge in [0.25, 0.3) is 10.2 Å². The molecule has 19 heavy (non-hydrogen) atoms. The summed E-state index contributed by atoms with van der Waals surface area (Å²) in [5, 5.41) is 0. The van der Waals surface area contributed by atoms with E-state index in [1.54, 1.807) is 8.61 Å². The lowest BCUT2D eigenvalue weighted by molar-refractivity contribution is 0.238. The third-order valence-electron chi connectivity index (χ3n) is 4.33. The molecule has 0 N–H and O–H groups in total. The van der Waals surface area contributed by atoms with Crippen LogP contribution in [0.2, 0.25) is 0 Å². The lowest BCUT2D eigenvalue weighted by atomic mass is 10.1. The van der Waals surface area contributed by atoms with Gasteiger partial charge in [-0.15, -0.1) is 11.6 Å². The van der Waals surface area contributed by atoms with Gasteiger partial charge in [-0.25, -0.2) is 0 Å². The summed E-state index contributed by atoms with van der Waals surface area (Å²) in [6.07, 6.45) is 6.87. The zero-order chi connectivity index (χ0) is 13.9. The van der Waals surface area contributed by atoms with Gasteiger partial charge in [0.05, 0.1) is 0 Å². The highest BCUT2D eigenvalue weighted by atomic mass is 35.5. The quantitative estimate of drug-likeness (QED) is 0.733. The Morgan fingerprint density at radius 1 is 1.11 bits per heavy atom. The number of piperidine rings is 1. The van der Waals surface area contributed by atoms with E-state index in [9.17, 15) is 8.42 Å². The van der Waals surface area contributed by atoms with Crippen LogP contribution in [0, 0.1) is 0 Å². The Bertz CT molecular complexity index is 388. The minimum absolute atomic E-state index is 0.146. The molecule has 0 saturated carbocycles. The van der Waals surface area contributed by atoms with Crippen molar-refractivity contribution in [2.45, 2.75) is 64.0 Å². The van der Waals surface area contributed by atoms with Gasteiger partial charge in [-0.05, 0) is 45.4 Å². The van der Waals surface area contributed by atoms with Crippen molar-refractivity contribution < 1.29 is 8.42 Å². The van der Waals surface area contributed by atoms with Crippen LogP contribution in [0.25, 0.3) is 0 Å². The highest BCUT2D eigenvalue weighted by Gasteiger charge is 2.40. The molecule has 4 nitrogen and oxygen atoms in total. The van der Waals surface area contributed by atoms with Gasteiger partial charge in [-0.2, -0.15) is 17.0 Å². The maximum absolute atomic E-state index is 12.8. The van der Waals surface area contributed by atoms with Crippen molar-refractivity contribution >= 4 is 21.8 Å². The molecule has 2 aliphatic heterocycles. The van der Waals surface area contributed by atoms with Crippen LogP contribution in [0.5, 0.6) is 0 Å². The molecule has 0 aromatic heterocycles. The Hall–Kier alpha value is 0.160. The van der Waals surface area contributed by atoms with Crippen molar-refractivity contribution in [1.82, 2.24) is 8.61 Å². The molecule has 2 atom stereocenters. The van der Waals surface area contributed by atoms with E-state index >= 15 is 0 Å². The lowest BCUT2D eigenvalue weighted by Crippen LogP contribution is -2.51. The Labute approximate surface area is 122 Å². The van der Waals surface area contributed by atoms with E-state index in [-0.39, 0.29) is 12.1 Å². The molecule has 0 spiro atoms. The fourth-order valence-electron chi connectivity index (χ4n) is 3.26. The minimum Gasteiger partial charge on any atom is -0.195 e. The number of hydrogen-bond acceptors (Lipinski definition) is 2. The van der Waals surface area contributed by atoms with E-state index in [1.807, 2.05) is 6.92 Å². The topological polar surface area (TPSA) is 40.6 Å². The molecule has 112 valence electrons. The van der Waals surface area contributed by atoms with Crippen molar-refractivity contribution in [1.29, 1.82) is 0 Å². The number of halogens is 1. The molecule has 2 heterocycles. The molecule has 2 saturated heterocycles. The maximum Gasteiger partial charge on any atom is 0.282 e. The van der Waals surface area contributed by atoms with E-state index in [4.69, 9.17) is 11.6 Å². The summed E-state index contributed by atoms with van der Waals surface area (Å²) in [6, 6.07) is 0.311. The van der Waals surface area contributed by atoms with Gasteiger partial charge < -0.3 is 0 Å². The third kappa shape index (κ3) is 3.43. The first kappa shape index (κ1) is 15.5. The second kappa shape index (κ2) is 6.74. The van der Waals surface area contributed by atoms with E-state index < -0.39 is 10.2 Å². The Morgan fingerprint density at radius 3 is 2.53 bits per heavy atom. The van der Waals surface area contributed by atoms with Gasteiger partial charge in [0.1, 0.15) is 0 Å². The van der Waals surface area contributed by atoms with Crippen LogP contribution in [-0.2, 0) is 10.2 Å². The lowest BCUT2D eigenvalue weighted by Gasteiger charge is -2.37. The van der Waals surface area contributed by atoms with Crippen LogP contribution in [0.1, 0.15) is 51.9 Å². The standard InChI is InChI=1S/C13H25ClN2O2S/c1-12-6-2-3-10-15(12)19(17,18)16-11-5-8-13(16)7-4-9-14/h12-13H,2-11H2,1H3. The molecular formula is C13H25ClN2O2S. The van der Waals surface area contributed by atoms with Crippen molar-refractivity contribution in [2.75, 3.05) is 19.0 Å². The van der Waals surface area contributed by atoms with Crippen LogP contribution in [0.15, 0.2) is 0 Å². The predicted molar refractivity (Wildman–Crippen MR) is 78.6 cm³/mol. The summed E-state index contributed by atoms with van der Waals surface area (Å²) >= 11 is 5.74. The van der Waals surface area contributed by atoms with Crippen molar-refractivity contribution in [3.63, 3.8) is 0 Å². The largest absolute Gasteiger partial charge is 0.282 e. The molecule has 0 amide bonds. The molecule has 2 aliphatic rings. The van der Waals surface area contributed by atoms with E-state index in [0.29, 0.717) is 19.0 Å². The molecule has 0 aromatic rings. The smallest absolute Gasteiger partial charge is 0.195 e. The summed E-state index contributed by atoms with van der Waals surface area (Å²) in [6.45, 7) is 3.39. The molecule has 2 rings (SSSR count). The first-order valence-corrected chi connectivity index (χ1v) is 9.35. The minimum atomic E-state index is -3.27. The van der Waals surface area contributed by atoms with Gasteiger partial charge >= 0.3 is 0 Å². The molecule has 0 bridgehead atoms. The summed E-state index contributed by atoms with van der Waals surface area (Å²) in [7, 11) is -3.27. The maximum atomic E-state index is 12.8. The van der Waals surface area contributed by atoms with Crippen LogP contribution < -0.4 is 0 Å². The van der Waals surface area contributed by atoms with E-state index in [0.717, 1.165) is 44.9 Å². The molecular weight excluding hydrogens is 284 g/mol. The number of nitrogens with zero attached hydrogens (tertiary/aromatic N) is 2. The fourth-order valence-corrected chi connectivity index (χ4v) is 5.55. The fraction of sp³-hybridized carbons (Fsp3) is 1.00. The zero-order valence-electron chi connectivity index (χ0n) is 11.7. The number of rotatable bonds is 5. The molecule has 0 aromatic carbocycles. The molecule has 6 heteroatoms. The summed E-state index contributed by atoms with van der Waals surface area (Å²) in [4.78, 5) is 0. The highest BCUT2D eigenvalue weighted by molar-refractivity contribution is 7.86. The SMILES string of the molecule is CC1CCCCN1S(=O)(=O)N1CCCC1CCCCl. The number of hydrogen-bond donors (Lipinski definition) is 0. The summed E-state index contributed by atoms with van der Waals surface area (Å²) in [5.41, 5.74) is 0. The van der Waals surface area contributed by atoms with Gasteiger partial charge in [0.2, 0.25) is 0 Å². The van der Waals surface area contributed by atoms with Gasteiger partial charge in [-0.1, -0.05) is 6.42 Å². The van der Waals surface area contributed by atoms with Gasteiger partial charge in [0, 0.05) is 31.1 Å². The second-order valence-corrected chi connectivity index (χ2v) is 7.91. The number of alkyl halides is 1.